The van der Waals surface area contributed by atoms with Crippen molar-refractivity contribution in [2.24, 2.45) is 0 Å². The van der Waals surface area contributed by atoms with Crippen molar-refractivity contribution in [1.29, 1.82) is 0 Å². The highest BCUT2D eigenvalue weighted by atomic mass is 32.1. The van der Waals surface area contributed by atoms with Gasteiger partial charge >= 0.3 is 0 Å². The summed E-state index contributed by atoms with van der Waals surface area (Å²) in [6.07, 6.45) is 2.22. The van der Waals surface area contributed by atoms with Gasteiger partial charge in [-0.3, -0.25) is 4.79 Å². The van der Waals surface area contributed by atoms with E-state index >= 15 is 0 Å². The number of aryl methyl sites for hydroxylation is 2. The van der Waals surface area contributed by atoms with E-state index in [0.29, 0.717) is 30.3 Å². The van der Waals surface area contributed by atoms with Crippen LogP contribution in [0.1, 0.15) is 35.1 Å². The molecule has 1 saturated heterocycles. The number of thiocarbonyl (C=S) groups is 1. The van der Waals surface area contributed by atoms with Crippen LogP contribution < -0.4 is 10.9 Å². The number of aromatic amines is 1. The van der Waals surface area contributed by atoms with Crippen molar-refractivity contribution in [2.45, 2.75) is 45.9 Å². The van der Waals surface area contributed by atoms with Gasteiger partial charge in [0.05, 0.1) is 12.6 Å². The Balaban J connectivity index is 1.58. The number of hydrogen-bond acceptors (Lipinski definition) is 3. The lowest BCUT2D eigenvalue weighted by atomic mass is 10.0. The van der Waals surface area contributed by atoms with E-state index in [1.807, 2.05) is 24.0 Å². The predicted octanol–water partition coefficient (Wildman–Crippen LogP) is 4.34. The van der Waals surface area contributed by atoms with Gasteiger partial charge < -0.3 is 19.9 Å². The van der Waals surface area contributed by atoms with Crippen molar-refractivity contribution in [1.82, 2.24) is 15.2 Å². The Morgan fingerprint density at radius 3 is 2.66 bits per heavy atom. The average molecular weight is 454 g/mol. The summed E-state index contributed by atoms with van der Waals surface area (Å²) >= 11 is 5.68. The van der Waals surface area contributed by atoms with Gasteiger partial charge in [-0.1, -0.05) is 12.1 Å². The predicted molar refractivity (Wildman–Crippen MR) is 129 cm³/mol. The Morgan fingerprint density at radius 1 is 1.19 bits per heavy atom. The fourth-order valence-electron chi connectivity index (χ4n) is 3.97. The van der Waals surface area contributed by atoms with Gasteiger partial charge in [-0.2, -0.15) is 0 Å². The van der Waals surface area contributed by atoms with E-state index in [4.69, 9.17) is 17.0 Å². The lowest BCUT2D eigenvalue weighted by molar-refractivity contribution is 0.113. The van der Waals surface area contributed by atoms with Crippen molar-refractivity contribution < 1.29 is 9.13 Å². The van der Waals surface area contributed by atoms with Gasteiger partial charge in [0.1, 0.15) is 5.82 Å². The molecule has 32 heavy (non-hydrogen) atoms. The Labute approximate surface area is 192 Å². The van der Waals surface area contributed by atoms with Gasteiger partial charge in [0.15, 0.2) is 5.11 Å². The van der Waals surface area contributed by atoms with Crippen molar-refractivity contribution in [3.63, 3.8) is 0 Å². The number of halogens is 1. The van der Waals surface area contributed by atoms with Crippen LogP contribution in [-0.4, -0.2) is 34.3 Å². The molecule has 2 heterocycles. The Hall–Kier alpha value is -2.77. The summed E-state index contributed by atoms with van der Waals surface area (Å²) in [5.41, 5.74) is 4.55. The van der Waals surface area contributed by atoms with Gasteiger partial charge in [0.25, 0.3) is 5.56 Å². The molecule has 2 aromatic carbocycles. The highest BCUT2D eigenvalue weighted by molar-refractivity contribution is 7.80. The number of H-pyrrole nitrogens is 1. The van der Waals surface area contributed by atoms with Gasteiger partial charge in [0, 0.05) is 30.8 Å². The zero-order valence-electron chi connectivity index (χ0n) is 18.4. The third-order valence-corrected chi connectivity index (χ3v) is 6.38. The molecule has 1 fully saturated rings. The Morgan fingerprint density at radius 2 is 1.94 bits per heavy atom. The second-order valence-corrected chi connectivity index (χ2v) is 8.84. The molecule has 0 amide bonds. The van der Waals surface area contributed by atoms with Crippen LogP contribution >= 0.6 is 12.2 Å². The minimum Gasteiger partial charge on any atom is -0.376 e. The fraction of sp³-hybridized carbons (Fsp3) is 0.360. The van der Waals surface area contributed by atoms with Crippen LogP contribution in [-0.2, 0) is 17.8 Å². The Bertz CT molecular complexity index is 1170. The number of benzene rings is 2. The first-order valence-electron chi connectivity index (χ1n) is 10.9. The fourth-order valence-corrected chi connectivity index (χ4v) is 4.19. The maximum atomic E-state index is 13.4. The summed E-state index contributed by atoms with van der Waals surface area (Å²) in [5, 5.41) is 4.83. The second-order valence-electron chi connectivity index (χ2n) is 8.45. The first-order chi connectivity index (χ1) is 15.4. The molecule has 1 aliphatic heterocycles. The molecule has 1 aliphatic rings. The molecule has 5 nitrogen and oxygen atoms in total. The maximum absolute atomic E-state index is 13.4. The largest absolute Gasteiger partial charge is 0.376 e. The monoisotopic (exact) mass is 453 g/mol. The molecule has 4 rings (SSSR count). The number of pyridine rings is 1. The lowest BCUT2D eigenvalue weighted by Gasteiger charge is -2.27. The number of nitrogens with one attached hydrogen (secondary N) is 2. The smallest absolute Gasteiger partial charge is 0.253 e. The zero-order valence-corrected chi connectivity index (χ0v) is 19.2. The molecule has 0 aliphatic carbocycles. The number of nitrogens with zero attached hydrogens (tertiary/aromatic N) is 1. The minimum atomic E-state index is -0.281. The quantitative estimate of drug-likeness (QED) is 0.544. The van der Waals surface area contributed by atoms with Crippen molar-refractivity contribution in [2.75, 3.05) is 13.2 Å². The highest BCUT2D eigenvalue weighted by Crippen LogP contribution is 2.19. The first-order valence-corrected chi connectivity index (χ1v) is 11.3. The van der Waals surface area contributed by atoms with E-state index in [0.717, 1.165) is 41.5 Å². The molecular weight excluding hydrogens is 425 g/mol. The van der Waals surface area contributed by atoms with Gasteiger partial charge in [-0.25, -0.2) is 4.39 Å². The van der Waals surface area contributed by atoms with Crippen LogP contribution in [0.5, 0.6) is 0 Å². The molecule has 1 atom stereocenters. The Kier molecular flexibility index (Phi) is 6.86. The second kappa shape index (κ2) is 9.79. The van der Waals surface area contributed by atoms with Crippen LogP contribution in [0.2, 0.25) is 0 Å². The molecule has 1 aromatic heterocycles. The third-order valence-electron chi connectivity index (χ3n) is 5.98. The summed E-state index contributed by atoms with van der Waals surface area (Å²) in [6.45, 7) is 6.30. The average Bonchev–Trinajstić information content (AvgIpc) is 3.29. The highest BCUT2D eigenvalue weighted by Gasteiger charge is 2.19. The van der Waals surface area contributed by atoms with Gasteiger partial charge in [0.2, 0.25) is 0 Å². The number of aromatic nitrogens is 1. The zero-order chi connectivity index (χ0) is 22.7. The van der Waals surface area contributed by atoms with E-state index in [1.165, 1.54) is 17.7 Å². The molecule has 2 N–H and O–H groups in total. The van der Waals surface area contributed by atoms with Crippen LogP contribution in [0.4, 0.5) is 4.39 Å². The van der Waals surface area contributed by atoms with Gasteiger partial charge in [-0.15, -0.1) is 0 Å². The van der Waals surface area contributed by atoms with Crippen LogP contribution in [0.3, 0.4) is 0 Å². The molecule has 0 radical (unpaired) electrons. The van der Waals surface area contributed by atoms with E-state index in [2.05, 4.69) is 23.3 Å². The molecule has 0 unspecified atom stereocenters. The standard InChI is InChI=1S/C25H28FN3O2S/c1-16-10-19-12-20(24(30)28-23(19)11-17(16)2)15-29(14-18-5-7-21(26)8-6-18)25(32)27-13-22-4-3-9-31-22/h5-8,10-12,22H,3-4,9,13-15H2,1-2H3,(H,27,32)(H,28,30)/t22-/m0/s1. The lowest BCUT2D eigenvalue weighted by Crippen LogP contribution is -2.42. The molecule has 3 aromatic rings. The van der Waals surface area contributed by atoms with Crippen molar-refractivity contribution in [3.8, 4) is 0 Å². The van der Waals surface area contributed by atoms with Crippen molar-refractivity contribution in [3.05, 3.63) is 80.9 Å². The number of ether oxygens (including phenoxy) is 1. The van der Waals surface area contributed by atoms with E-state index in [-0.39, 0.29) is 17.5 Å². The summed E-state index contributed by atoms with van der Waals surface area (Å²) in [4.78, 5) is 17.8. The maximum Gasteiger partial charge on any atom is 0.253 e. The van der Waals surface area contributed by atoms with Crippen molar-refractivity contribution >= 4 is 28.2 Å². The number of rotatable bonds is 6. The number of hydrogen-bond donors (Lipinski definition) is 2. The third kappa shape index (κ3) is 5.34. The van der Waals surface area contributed by atoms with E-state index in [1.54, 1.807) is 12.1 Å². The molecule has 0 saturated carbocycles. The molecule has 0 bridgehead atoms. The van der Waals surface area contributed by atoms with Crippen LogP contribution in [0.25, 0.3) is 10.9 Å². The molecule has 168 valence electrons. The summed E-state index contributed by atoms with van der Waals surface area (Å²) in [5.74, 6) is -0.281. The minimum absolute atomic E-state index is 0.133. The number of fused-ring (bicyclic) bond motifs is 1. The normalized spacial score (nSPS) is 15.8. The first kappa shape index (κ1) is 22.4. The topological polar surface area (TPSA) is 57.4 Å². The van der Waals surface area contributed by atoms with Crippen LogP contribution in [0.15, 0.2) is 47.3 Å². The summed E-state index contributed by atoms with van der Waals surface area (Å²) in [6, 6.07) is 12.4. The molecule has 7 heteroatoms. The molecule has 0 spiro atoms. The molecular formula is C25H28FN3O2S. The van der Waals surface area contributed by atoms with Crippen LogP contribution in [0, 0.1) is 19.7 Å². The SMILES string of the molecule is Cc1cc2cc(CN(Cc3ccc(F)cc3)C(=S)NC[C@@H]3CCCO3)c(=O)[nH]c2cc1C. The van der Waals surface area contributed by atoms with Gasteiger partial charge in [-0.05, 0) is 91.3 Å². The van der Waals surface area contributed by atoms with E-state index < -0.39 is 0 Å². The summed E-state index contributed by atoms with van der Waals surface area (Å²) < 4.78 is 19.1. The summed E-state index contributed by atoms with van der Waals surface area (Å²) in [7, 11) is 0. The van der Waals surface area contributed by atoms with E-state index in [9.17, 15) is 9.18 Å².